The molecule has 0 saturated carbocycles. The Kier molecular flexibility index (Phi) is 3.66. The van der Waals surface area contributed by atoms with E-state index < -0.39 is 0 Å². The van der Waals surface area contributed by atoms with E-state index in [-0.39, 0.29) is 0 Å². The second-order valence-corrected chi connectivity index (χ2v) is 4.48. The lowest BCUT2D eigenvalue weighted by atomic mass is 10.3. The van der Waals surface area contributed by atoms with Crippen LogP contribution in [0, 0.1) is 3.57 Å². The minimum Gasteiger partial charge on any atom is -0.497 e. The van der Waals surface area contributed by atoms with E-state index in [9.17, 15) is 0 Å². The predicted molar refractivity (Wildman–Crippen MR) is 72.2 cm³/mol. The Morgan fingerprint density at radius 3 is 1.69 bits per heavy atom. The number of rotatable bonds is 3. The van der Waals surface area contributed by atoms with E-state index in [0.29, 0.717) is 0 Å². The molecule has 0 atom stereocenters. The van der Waals surface area contributed by atoms with Gasteiger partial charge in [0.2, 0.25) is 0 Å². The van der Waals surface area contributed by atoms with Gasteiger partial charge >= 0.3 is 0 Å². The minimum atomic E-state index is 0.807. The second-order valence-electron chi connectivity index (χ2n) is 3.23. The molecule has 0 amide bonds. The molecule has 2 aromatic carbocycles. The number of methoxy groups -OCH3 is 1. The van der Waals surface area contributed by atoms with Crippen molar-refractivity contribution in [3.63, 3.8) is 0 Å². The van der Waals surface area contributed by atoms with Crippen LogP contribution in [0.4, 0.5) is 0 Å². The molecule has 2 aromatic rings. The van der Waals surface area contributed by atoms with Crippen LogP contribution in [-0.4, -0.2) is 7.11 Å². The summed E-state index contributed by atoms with van der Waals surface area (Å²) in [4.78, 5) is 0. The van der Waals surface area contributed by atoms with Crippen molar-refractivity contribution in [1.82, 2.24) is 0 Å². The van der Waals surface area contributed by atoms with E-state index in [1.807, 2.05) is 48.5 Å². The molecule has 0 saturated heterocycles. The molecule has 0 heterocycles. The smallest absolute Gasteiger partial charge is 0.127 e. The standard InChI is InChI=1S/C13H11IO2/c1-15-11-6-8-13(9-7-11)16-12-4-2-10(14)3-5-12/h2-9H,1H3. The van der Waals surface area contributed by atoms with Crippen LogP contribution in [0.5, 0.6) is 17.2 Å². The fourth-order valence-electron chi connectivity index (χ4n) is 1.28. The summed E-state index contributed by atoms with van der Waals surface area (Å²) >= 11 is 2.26. The van der Waals surface area contributed by atoms with Gasteiger partial charge in [-0.3, -0.25) is 0 Å². The molecule has 0 aromatic heterocycles. The number of benzene rings is 2. The molecule has 0 aliphatic rings. The lowest BCUT2D eigenvalue weighted by molar-refractivity contribution is 0.413. The van der Waals surface area contributed by atoms with Crippen LogP contribution in [-0.2, 0) is 0 Å². The van der Waals surface area contributed by atoms with Gasteiger partial charge in [0.05, 0.1) is 7.11 Å². The summed E-state index contributed by atoms with van der Waals surface area (Å²) in [5, 5.41) is 0. The lowest BCUT2D eigenvalue weighted by Gasteiger charge is -2.06. The summed E-state index contributed by atoms with van der Waals surface area (Å²) in [7, 11) is 1.65. The summed E-state index contributed by atoms with van der Waals surface area (Å²) in [5.41, 5.74) is 0. The number of hydrogen-bond acceptors (Lipinski definition) is 2. The van der Waals surface area contributed by atoms with E-state index in [2.05, 4.69) is 22.6 Å². The van der Waals surface area contributed by atoms with E-state index in [1.54, 1.807) is 7.11 Å². The number of halogens is 1. The SMILES string of the molecule is COc1ccc(Oc2ccc(I)cc2)cc1. The molecule has 0 aliphatic heterocycles. The average molecular weight is 326 g/mol. The fourth-order valence-corrected chi connectivity index (χ4v) is 1.64. The molecule has 0 fully saturated rings. The first-order valence-electron chi connectivity index (χ1n) is 4.85. The Labute approximate surface area is 108 Å². The molecule has 3 heteroatoms. The normalized spacial score (nSPS) is 9.88. The first kappa shape index (κ1) is 11.3. The Balaban J connectivity index is 2.11. The first-order valence-corrected chi connectivity index (χ1v) is 5.93. The summed E-state index contributed by atoms with van der Waals surface area (Å²) < 4.78 is 11.9. The molecular weight excluding hydrogens is 315 g/mol. The predicted octanol–water partition coefficient (Wildman–Crippen LogP) is 4.09. The summed E-state index contributed by atoms with van der Waals surface area (Å²) in [6, 6.07) is 15.5. The van der Waals surface area contributed by atoms with Crippen LogP contribution in [0.3, 0.4) is 0 Å². The third-order valence-electron chi connectivity index (χ3n) is 2.11. The molecular formula is C13H11IO2. The molecule has 0 bridgehead atoms. The van der Waals surface area contributed by atoms with Crippen molar-refractivity contribution in [3.05, 3.63) is 52.1 Å². The maximum Gasteiger partial charge on any atom is 0.127 e. The molecule has 0 N–H and O–H groups in total. The van der Waals surface area contributed by atoms with Gasteiger partial charge in [0, 0.05) is 3.57 Å². The zero-order chi connectivity index (χ0) is 11.4. The second kappa shape index (κ2) is 5.21. The summed E-state index contributed by atoms with van der Waals surface area (Å²) in [6.45, 7) is 0. The lowest BCUT2D eigenvalue weighted by Crippen LogP contribution is -1.85. The molecule has 0 aliphatic carbocycles. The van der Waals surface area contributed by atoms with E-state index >= 15 is 0 Å². The molecule has 0 unspecified atom stereocenters. The quantitative estimate of drug-likeness (QED) is 0.791. The summed E-state index contributed by atoms with van der Waals surface area (Å²) in [6.07, 6.45) is 0. The van der Waals surface area contributed by atoms with Crippen molar-refractivity contribution in [2.45, 2.75) is 0 Å². The first-order chi connectivity index (χ1) is 7.78. The Bertz CT molecular complexity index is 448. The molecule has 0 radical (unpaired) electrons. The Morgan fingerprint density at radius 1 is 0.750 bits per heavy atom. The van der Waals surface area contributed by atoms with Crippen molar-refractivity contribution < 1.29 is 9.47 Å². The van der Waals surface area contributed by atoms with Crippen molar-refractivity contribution in [2.24, 2.45) is 0 Å². The van der Waals surface area contributed by atoms with Crippen molar-refractivity contribution in [3.8, 4) is 17.2 Å². The fraction of sp³-hybridized carbons (Fsp3) is 0.0769. The number of hydrogen-bond donors (Lipinski definition) is 0. The van der Waals surface area contributed by atoms with E-state index in [0.717, 1.165) is 17.2 Å². The van der Waals surface area contributed by atoms with Crippen LogP contribution in [0.1, 0.15) is 0 Å². The molecule has 82 valence electrons. The summed E-state index contributed by atoms with van der Waals surface area (Å²) in [5.74, 6) is 2.47. The van der Waals surface area contributed by atoms with Gasteiger partial charge in [-0.05, 0) is 71.1 Å². The van der Waals surface area contributed by atoms with Crippen LogP contribution in [0.15, 0.2) is 48.5 Å². The van der Waals surface area contributed by atoms with Gasteiger partial charge in [0.1, 0.15) is 17.2 Å². The van der Waals surface area contributed by atoms with Crippen LogP contribution in [0.25, 0.3) is 0 Å². The largest absolute Gasteiger partial charge is 0.497 e. The number of ether oxygens (including phenoxy) is 2. The third-order valence-corrected chi connectivity index (χ3v) is 2.83. The molecule has 2 nitrogen and oxygen atoms in total. The average Bonchev–Trinajstić information content (AvgIpc) is 2.33. The van der Waals surface area contributed by atoms with Gasteiger partial charge < -0.3 is 9.47 Å². The van der Waals surface area contributed by atoms with Crippen molar-refractivity contribution >= 4 is 22.6 Å². The highest BCUT2D eigenvalue weighted by atomic mass is 127. The molecule has 2 rings (SSSR count). The topological polar surface area (TPSA) is 18.5 Å². The van der Waals surface area contributed by atoms with Crippen LogP contribution in [0.2, 0.25) is 0 Å². The highest BCUT2D eigenvalue weighted by molar-refractivity contribution is 14.1. The Hall–Kier alpha value is -1.23. The van der Waals surface area contributed by atoms with Crippen molar-refractivity contribution in [2.75, 3.05) is 7.11 Å². The molecule has 16 heavy (non-hydrogen) atoms. The molecule has 0 spiro atoms. The van der Waals surface area contributed by atoms with Crippen LogP contribution < -0.4 is 9.47 Å². The monoisotopic (exact) mass is 326 g/mol. The third kappa shape index (κ3) is 2.88. The highest BCUT2D eigenvalue weighted by Gasteiger charge is 1.97. The Morgan fingerprint density at radius 2 is 1.19 bits per heavy atom. The van der Waals surface area contributed by atoms with Gasteiger partial charge in [-0.25, -0.2) is 0 Å². The maximum absolute atomic E-state index is 5.67. The zero-order valence-corrected chi connectivity index (χ0v) is 11.0. The van der Waals surface area contributed by atoms with Crippen LogP contribution >= 0.6 is 22.6 Å². The van der Waals surface area contributed by atoms with E-state index in [1.165, 1.54) is 3.57 Å². The highest BCUT2D eigenvalue weighted by Crippen LogP contribution is 2.24. The zero-order valence-electron chi connectivity index (χ0n) is 8.81. The van der Waals surface area contributed by atoms with Gasteiger partial charge in [0.25, 0.3) is 0 Å². The van der Waals surface area contributed by atoms with Crippen molar-refractivity contribution in [1.29, 1.82) is 0 Å². The van der Waals surface area contributed by atoms with Gasteiger partial charge in [-0.1, -0.05) is 0 Å². The van der Waals surface area contributed by atoms with Gasteiger partial charge in [0.15, 0.2) is 0 Å². The maximum atomic E-state index is 5.67. The van der Waals surface area contributed by atoms with Gasteiger partial charge in [-0.2, -0.15) is 0 Å². The van der Waals surface area contributed by atoms with E-state index in [4.69, 9.17) is 9.47 Å². The van der Waals surface area contributed by atoms with Gasteiger partial charge in [-0.15, -0.1) is 0 Å². The minimum absolute atomic E-state index is 0.807.